The van der Waals surface area contributed by atoms with Crippen LogP contribution in [0.3, 0.4) is 0 Å². The van der Waals surface area contributed by atoms with E-state index in [0.717, 1.165) is 23.5 Å². The third kappa shape index (κ3) is 2.59. The topological polar surface area (TPSA) is 43.8 Å². The summed E-state index contributed by atoms with van der Waals surface area (Å²) in [6.45, 7) is 4.76. The average Bonchev–Trinajstić information content (AvgIpc) is 2.74. The summed E-state index contributed by atoms with van der Waals surface area (Å²) in [6.07, 6.45) is 0.738. The molecule has 0 saturated carbocycles. The molecule has 0 bridgehead atoms. The molecular weight excluding hydrogens is 229 g/mol. The van der Waals surface area contributed by atoms with Crippen molar-refractivity contribution in [2.45, 2.75) is 26.2 Å². The smallest absolute Gasteiger partial charge is 0.125 e. The molecule has 96 valence electrons. The van der Waals surface area contributed by atoms with Crippen LogP contribution in [0.2, 0.25) is 0 Å². The zero-order chi connectivity index (χ0) is 13.1. The first-order chi connectivity index (χ1) is 8.61. The molecule has 0 aliphatic carbocycles. The first-order valence-electron chi connectivity index (χ1n) is 6.16. The van der Waals surface area contributed by atoms with Crippen molar-refractivity contribution in [2.24, 2.45) is 5.73 Å². The van der Waals surface area contributed by atoms with Gasteiger partial charge in [-0.15, -0.1) is 0 Å². The molecule has 2 N–H and O–H groups in total. The molecule has 0 saturated heterocycles. The highest BCUT2D eigenvalue weighted by molar-refractivity contribution is 5.35. The predicted molar refractivity (Wildman–Crippen MR) is 70.4 cm³/mol. The molecule has 0 amide bonds. The van der Waals surface area contributed by atoms with E-state index in [1.807, 2.05) is 12.1 Å². The lowest BCUT2D eigenvalue weighted by molar-refractivity contribution is 0.623. The Balaban J connectivity index is 2.48. The Bertz CT molecular complexity index is 532. The summed E-state index contributed by atoms with van der Waals surface area (Å²) in [5.74, 6) is 0.0744. The number of aromatic nitrogens is 2. The van der Waals surface area contributed by atoms with Gasteiger partial charge in [0.25, 0.3) is 0 Å². The van der Waals surface area contributed by atoms with E-state index in [4.69, 9.17) is 5.73 Å². The van der Waals surface area contributed by atoms with Crippen molar-refractivity contribution >= 4 is 0 Å². The molecule has 18 heavy (non-hydrogen) atoms. The molecule has 0 radical (unpaired) electrons. The zero-order valence-electron chi connectivity index (χ0n) is 10.7. The molecule has 3 nitrogen and oxygen atoms in total. The van der Waals surface area contributed by atoms with Crippen LogP contribution in [-0.4, -0.2) is 16.3 Å². The molecule has 0 aliphatic rings. The minimum absolute atomic E-state index is 0.252. The van der Waals surface area contributed by atoms with Gasteiger partial charge in [-0.05, 0) is 36.7 Å². The normalized spacial score (nSPS) is 11.2. The summed E-state index contributed by atoms with van der Waals surface area (Å²) in [7, 11) is 0. The standard InChI is InChI=1S/C14H18FN3/c1-10(2)14-9-12(6-7-16)17-18(14)13-5-3-4-11(15)8-13/h3-5,8-10H,6-7,16H2,1-2H3. The van der Waals surface area contributed by atoms with Gasteiger partial charge in [0.15, 0.2) is 0 Å². The Morgan fingerprint density at radius 2 is 2.11 bits per heavy atom. The second-order valence-electron chi connectivity index (χ2n) is 4.65. The molecule has 2 aromatic rings. The maximum absolute atomic E-state index is 13.3. The van der Waals surface area contributed by atoms with Crippen LogP contribution in [0.1, 0.15) is 31.2 Å². The van der Waals surface area contributed by atoms with Crippen LogP contribution in [0, 0.1) is 5.82 Å². The third-order valence-corrected chi connectivity index (χ3v) is 2.83. The van der Waals surface area contributed by atoms with Gasteiger partial charge < -0.3 is 5.73 Å². The minimum atomic E-state index is -0.252. The van der Waals surface area contributed by atoms with Crippen molar-refractivity contribution in [3.05, 3.63) is 47.5 Å². The van der Waals surface area contributed by atoms with Crippen LogP contribution in [-0.2, 0) is 6.42 Å². The Kier molecular flexibility index (Phi) is 3.77. The largest absolute Gasteiger partial charge is 0.330 e. The highest BCUT2D eigenvalue weighted by Gasteiger charge is 2.12. The number of nitrogens with two attached hydrogens (primary N) is 1. The summed E-state index contributed by atoms with van der Waals surface area (Å²) in [5, 5.41) is 4.50. The number of hydrogen-bond donors (Lipinski definition) is 1. The summed E-state index contributed by atoms with van der Waals surface area (Å²) in [5.41, 5.74) is 8.32. The quantitative estimate of drug-likeness (QED) is 0.902. The van der Waals surface area contributed by atoms with Gasteiger partial charge in [0, 0.05) is 12.1 Å². The van der Waals surface area contributed by atoms with Gasteiger partial charge in [-0.3, -0.25) is 0 Å². The first-order valence-corrected chi connectivity index (χ1v) is 6.16. The predicted octanol–water partition coefficient (Wildman–Crippen LogP) is 2.64. The number of hydrogen-bond acceptors (Lipinski definition) is 2. The van der Waals surface area contributed by atoms with Gasteiger partial charge in [0.05, 0.1) is 11.4 Å². The van der Waals surface area contributed by atoms with Gasteiger partial charge in [-0.1, -0.05) is 19.9 Å². The molecule has 1 aromatic carbocycles. The van der Waals surface area contributed by atoms with Crippen molar-refractivity contribution in [3.8, 4) is 5.69 Å². The van der Waals surface area contributed by atoms with E-state index in [0.29, 0.717) is 12.5 Å². The van der Waals surface area contributed by atoms with Gasteiger partial charge in [-0.25, -0.2) is 9.07 Å². The fourth-order valence-corrected chi connectivity index (χ4v) is 1.94. The number of benzene rings is 1. The van der Waals surface area contributed by atoms with Gasteiger partial charge in [-0.2, -0.15) is 5.10 Å². The second kappa shape index (κ2) is 5.31. The van der Waals surface area contributed by atoms with Crippen molar-refractivity contribution in [1.29, 1.82) is 0 Å². The fourth-order valence-electron chi connectivity index (χ4n) is 1.94. The molecule has 0 fully saturated rings. The van der Waals surface area contributed by atoms with E-state index >= 15 is 0 Å². The lowest BCUT2D eigenvalue weighted by atomic mass is 10.1. The molecule has 1 heterocycles. The zero-order valence-corrected chi connectivity index (χ0v) is 10.7. The highest BCUT2D eigenvalue weighted by atomic mass is 19.1. The Hall–Kier alpha value is -1.68. The maximum atomic E-state index is 13.3. The first kappa shape index (κ1) is 12.8. The Morgan fingerprint density at radius 1 is 1.33 bits per heavy atom. The van der Waals surface area contributed by atoms with E-state index < -0.39 is 0 Å². The third-order valence-electron chi connectivity index (χ3n) is 2.83. The average molecular weight is 247 g/mol. The number of rotatable bonds is 4. The molecule has 2 rings (SSSR count). The molecule has 0 atom stereocenters. The van der Waals surface area contributed by atoms with E-state index in [1.54, 1.807) is 10.7 Å². The lowest BCUT2D eigenvalue weighted by Gasteiger charge is -2.09. The van der Waals surface area contributed by atoms with Gasteiger partial charge in [0.1, 0.15) is 5.82 Å². The van der Waals surface area contributed by atoms with Crippen LogP contribution in [0.15, 0.2) is 30.3 Å². The van der Waals surface area contributed by atoms with Gasteiger partial charge >= 0.3 is 0 Å². The minimum Gasteiger partial charge on any atom is -0.330 e. The van der Waals surface area contributed by atoms with E-state index in [-0.39, 0.29) is 5.82 Å². The van der Waals surface area contributed by atoms with Crippen LogP contribution >= 0.6 is 0 Å². The fraction of sp³-hybridized carbons (Fsp3) is 0.357. The van der Waals surface area contributed by atoms with E-state index in [1.165, 1.54) is 12.1 Å². The SMILES string of the molecule is CC(C)c1cc(CCN)nn1-c1cccc(F)c1. The van der Waals surface area contributed by atoms with Crippen molar-refractivity contribution in [3.63, 3.8) is 0 Å². The maximum Gasteiger partial charge on any atom is 0.125 e. The lowest BCUT2D eigenvalue weighted by Crippen LogP contribution is -2.05. The van der Waals surface area contributed by atoms with Gasteiger partial charge in [0.2, 0.25) is 0 Å². The van der Waals surface area contributed by atoms with Crippen LogP contribution < -0.4 is 5.73 Å². The number of nitrogens with zero attached hydrogens (tertiary/aromatic N) is 2. The summed E-state index contributed by atoms with van der Waals surface area (Å²) < 4.78 is 15.1. The summed E-state index contributed by atoms with van der Waals surface area (Å²) >= 11 is 0. The monoisotopic (exact) mass is 247 g/mol. The van der Waals surface area contributed by atoms with Crippen molar-refractivity contribution < 1.29 is 4.39 Å². The molecule has 0 aliphatic heterocycles. The van der Waals surface area contributed by atoms with E-state index in [2.05, 4.69) is 18.9 Å². The molecule has 1 aromatic heterocycles. The summed E-state index contributed by atoms with van der Waals surface area (Å²) in [6, 6.07) is 8.52. The molecule has 4 heteroatoms. The molecule has 0 spiro atoms. The number of halogens is 1. The van der Waals surface area contributed by atoms with Crippen molar-refractivity contribution in [2.75, 3.05) is 6.54 Å². The molecular formula is C14H18FN3. The van der Waals surface area contributed by atoms with Crippen molar-refractivity contribution in [1.82, 2.24) is 9.78 Å². The highest BCUT2D eigenvalue weighted by Crippen LogP contribution is 2.21. The Labute approximate surface area is 106 Å². The van der Waals surface area contributed by atoms with E-state index in [9.17, 15) is 4.39 Å². The summed E-state index contributed by atoms with van der Waals surface area (Å²) in [4.78, 5) is 0. The second-order valence-corrected chi connectivity index (χ2v) is 4.65. The Morgan fingerprint density at radius 3 is 2.72 bits per heavy atom. The van der Waals surface area contributed by atoms with Crippen LogP contribution in [0.5, 0.6) is 0 Å². The molecule has 0 unspecified atom stereocenters. The van der Waals surface area contributed by atoms with Crippen LogP contribution in [0.25, 0.3) is 5.69 Å². The van der Waals surface area contributed by atoms with Crippen LogP contribution in [0.4, 0.5) is 4.39 Å².